The summed E-state index contributed by atoms with van der Waals surface area (Å²) >= 11 is 0. The topological polar surface area (TPSA) is 49.3 Å². The lowest BCUT2D eigenvalue weighted by molar-refractivity contribution is -0.117. The summed E-state index contributed by atoms with van der Waals surface area (Å²) in [5, 5.41) is 12.2. The zero-order valence-electron chi connectivity index (χ0n) is 14.4. The average Bonchev–Trinajstić information content (AvgIpc) is 3.07. The minimum Gasteiger partial charge on any atom is -0.388 e. The second kappa shape index (κ2) is 8.75. The van der Waals surface area contributed by atoms with Crippen molar-refractivity contribution in [1.29, 1.82) is 0 Å². The van der Waals surface area contributed by atoms with Crippen molar-refractivity contribution in [1.82, 2.24) is 5.32 Å². The van der Waals surface area contributed by atoms with E-state index in [0.717, 1.165) is 18.7 Å². The maximum Gasteiger partial charge on any atom is 0.181 e. The highest BCUT2D eigenvalue weighted by Gasteiger charge is 2.20. The van der Waals surface area contributed by atoms with Gasteiger partial charge in [-0.1, -0.05) is 54.6 Å². The van der Waals surface area contributed by atoms with Gasteiger partial charge in [-0.05, 0) is 60.1 Å². The molecule has 0 amide bonds. The van der Waals surface area contributed by atoms with E-state index in [1.807, 2.05) is 12.1 Å². The van der Waals surface area contributed by atoms with Gasteiger partial charge in [0.1, 0.15) is 6.61 Å². The molecule has 0 bridgehead atoms. The van der Waals surface area contributed by atoms with Gasteiger partial charge in [-0.15, -0.1) is 0 Å². The molecule has 25 heavy (non-hydrogen) atoms. The maximum absolute atomic E-state index is 11.1. The number of hydrogen-bond donors (Lipinski definition) is 2. The van der Waals surface area contributed by atoms with Crippen molar-refractivity contribution in [2.24, 2.45) is 0 Å². The zero-order valence-corrected chi connectivity index (χ0v) is 14.4. The van der Waals surface area contributed by atoms with Crippen molar-refractivity contribution in [2.75, 3.05) is 13.2 Å². The van der Waals surface area contributed by atoms with Gasteiger partial charge in [0.05, 0.1) is 0 Å². The van der Waals surface area contributed by atoms with E-state index in [4.69, 9.17) is 5.11 Å². The number of fused-ring (bicyclic) bond motifs is 1. The number of aliphatic hydroxyl groups is 1. The molecular weight excluding hydrogens is 310 g/mol. The van der Waals surface area contributed by atoms with Gasteiger partial charge in [0, 0.05) is 6.54 Å². The molecule has 1 unspecified atom stereocenters. The molecule has 3 nitrogen and oxygen atoms in total. The van der Waals surface area contributed by atoms with E-state index >= 15 is 0 Å². The van der Waals surface area contributed by atoms with E-state index < -0.39 is 6.61 Å². The molecule has 2 N–H and O–H groups in total. The summed E-state index contributed by atoms with van der Waals surface area (Å²) in [4.78, 5) is 11.1. The number of hydrogen-bond acceptors (Lipinski definition) is 3. The molecule has 2 aromatic carbocycles. The van der Waals surface area contributed by atoms with E-state index in [1.165, 1.54) is 42.0 Å². The third-order valence-electron chi connectivity index (χ3n) is 4.85. The summed E-state index contributed by atoms with van der Waals surface area (Å²) in [6.45, 7) is 1.43. The van der Waals surface area contributed by atoms with Gasteiger partial charge in [0.15, 0.2) is 5.78 Å². The Kier molecular flexibility index (Phi) is 6.15. The Morgan fingerprint density at radius 1 is 1.16 bits per heavy atom. The molecule has 3 rings (SSSR count). The Morgan fingerprint density at radius 2 is 1.96 bits per heavy atom. The van der Waals surface area contributed by atoms with Gasteiger partial charge in [0.25, 0.3) is 0 Å². The third-order valence-corrected chi connectivity index (χ3v) is 4.85. The van der Waals surface area contributed by atoms with Crippen LogP contribution in [0.25, 0.3) is 6.08 Å². The normalized spacial score (nSPS) is 16.3. The van der Waals surface area contributed by atoms with Crippen LogP contribution in [-0.4, -0.2) is 24.0 Å². The van der Waals surface area contributed by atoms with E-state index in [2.05, 4.69) is 41.7 Å². The molecule has 0 saturated heterocycles. The lowest BCUT2D eigenvalue weighted by Crippen LogP contribution is -2.16. The Bertz CT molecular complexity index is 734. The highest BCUT2D eigenvalue weighted by molar-refractivity contribution is 5.94. The molecular formula is C22H25NO2. The van der Waals surface area contributed by atoms with Gasteiger partial charge in [-0.3, -0.25) is 4.79 Å². The quantitative estimate of drug-likeness (QED) is 0.574. The molecule has 0 radical (unpaired) electrons. The number of ketones is 1. The smallest absolute Gasteiger partial charge is 0.181 e. The molecule has 0 saturated carbocycles. The van der Waals surface area contributed by atoms with E-state index in [9.17, 15) is 4.79 Å². The Morgan fingerprint density at radius 3 is 2.76 bits per heavy atom. The number of carbonyl (C=O) groups is 1. The summed E-state index contributed by atoms with van der Waals surface area (Å²) in [5.74, 6) is 0.416. The van der Waals surface area contributed by atoms with E-state index in [-0.39, 0.29) is 5.78 Å². The Balaban J connectivity index is 1.42. The number of benzene rings is 2. The van der Waals surface area contributed by atoms with Gasteiger partial charge in [-0.2, -0.15) is 0 Å². The van der Waals surface area contributed by atoms with Crippen LogP contribution in [0.2, 0.25) is 0 Å². The van der Waals surface area contributed by atoms with Gasteiger partial charge in [-0.25, -0.2) is 0 Å². The largest absolute Gasteiger partial charge is 0.388 e. The predicted octanol–water partition coefficient (Wildman–Crippen LogP) is 3.47. The lowest BCUT2D eigenvalue weighted by Gasteiger charge is -2.12. The van der Waals surface area contributed by atoms with Crippen molar-refractivity contribution in [3.63, 3.8) is 0 Å². The van der Waals surface area contributed by atoms with Crippen LogP contribution in [-0.2, 0) is 17.8 Å². The van der Waals surface area contributed by atoms with Crippen LogP contribution in [0.15, 0.2) is 54.6 Å². The SMILES string of the molecule is O=C(/C=C/c1ccc(CNCCC2CCc3ccccc32)cc1)CO. The minimum absolute atomic E-state index is 0.278. The maximum atomic E-state index is 11.1. The summed E-state index contributed by atoms with van der Waals surface area (Å²) in [5.41, 5.74) is 5.26. The number of nitrogens with one attached hydrogen (secondary N) is 1. The molecule has 1 aliphatic carbocycles. The van der Waals surface area contributed by atoms with Crippen LogP contribution in [0.4, 0.5) is 0 Å². The molecule has 130 valence electrons. The summed E-state index contributed by atoms with van der Waals surface area (Å²) in [6, 6.07) is 16.9. The fraction of sp³-hybridized carbons (Fsp3) is 0.318. The second-order valence-corrected chi connectivity index (χ2v) is 6.60. The van der Waals surface area contributed by atoms with Crippen molar-refractivity contribution >= 4 is 11.9 Å². The number of aryl methyl sites for hydroxylation is 1. The van der Waals surface area contributed by atoms with Gasteiger partial charge >= 0.3 is 0 Å². The first-order valence-electron chi connectivity index (χ1n) is 8.95. The molecule has 1 atom stereocenters. The first-order valence-corrected chi connectivity index (χ1v) is 8.95. The molecule has 2 aromatic rings. The molecule has 1 aliphatic rings. The van der Waals surface area contributed by atoms with Crippen LogP contribution < -0.4 is 5.32 Å². The van der Waals surface area contributed by atoms with E-state index in [1.54, 1.807) is 6.08 Å². The minimum atomic E-state index is -0.441. The molecule has 3 heteroatoms. The fourth-order valence-corrected chi connectivity index (χ4v) is 3.44. The van der Waals surface area contributed by atoms with Crippen LogP contribution in [0, 0.1) is 0 Å². The highest BCUT2D eigenvalue weighted by atomic mass is 16.3. The third kappa shape index (κ3) is 4.88. The summed E-state index contributed by atoms with van der Waals surface area (Å²) < 4.78 is 0. The van der Waals surface area contributed by atoms with Crippen molar-refractivity contribution < 1.29 is 9.90 Å². The van der Waals surface area contributed by atoms with Crippen LogP contribution in [0.3, 0.4) is 0 Å². The molecule has 0 aromatic heterocycles. The van der Waals surface area contributed by atoms with Crippen molar-refractivity contribution in [3.05, 3.63) is 76.9 Å². The predicted molar refractivity (Wildman–Crippen MR) is 101 cm³/mol. The first kappa shape index (κ1) is 17.6. The number of carbonyl (C=O) groups excluding carboxylic acids is 1. The molecule has 0 heterocycles. The van der Waals surface area contributed by atoms with Crippen molar-refractivity contribution in [2.45, 2.75) is 31.7 Å². The second-order valence-electron chi connectivity index (χ2n) is 6.60. The standard InChI is InChI=1S/C22H25NO2/c24-16-21(25)12-9-17-5-7-18(8-6-17)15-23-14-13-20-11-10-19-3-1-2-4-22(19)20/h1-9,12,20,23-24H,10-11,13-16H2/b12-9+. The zero-order chi connectivity index (χ0) is 17.5. The molecule has 0 fully saturated rings. The van der Waals surface area contributed by atoms with Gasteiger partial charge < -0.3 is 10.4 Å². The number of aliphatic hydroxyl groups excluding tert-OH is 1. The lowest BCUT2D eigenvalue weighted by atomic mass is 9.98. The Labute approximate surface area is 149 Å². The average molecular weight is 335 g/mol. The van der Waals surface area contributed by atoms with Crippen molar-refractivity contribution in [3.8, 4) is 0 Å². The van der Waals surface area contributed by atoms with Crippen LogP contribution in [0.5, 0.6) is 0 Å². The molecule has 0 spiro atoms. The fourth-order valence-electron chi connectivity index (χ4n) is 3.44. The van der Waals surface area contributed by atoms with Gasteiger partial charge in [0.2, 0.25) is 0 Å². The Hall–Kier alpha value is -2.23. The first-order chi connectivity index (χ1) is 12.3. The van der Waals surface area contributed by atoms with Crippen LogP contribution >= 0.6 is 0 Å². The van der Waals surface area contributed by atoms with Crippen LogP contribution in [0.1, 0.15) is 41.0 Å². The highest BCUT2D eigenvalue weighted by Crippen LogP contribution is 2.34. The summed E-state index contributed by atoms with van der Waals surface area (Å²) in [6.07, 6.45) is 6.81. The summed E-state index contributed by atoms with van der Waals surface area (Å²) in [7, 11) is 0. The number of rotatable bonds is 8. The van der Waals surface area contributed by atoms with E-state index in [0.29, 0.717) is 5.92 Å². The monoisotopic (exact) mass is 335 g/mol. The molecule has 0 aliphatic heterocycles.